The van der Waals surface area contributed by atoms with Gasteiger partial charge in [0, 0.05) is 5.92 Å². The smallest absolute Gasteiger partial charge is 0.153 e. The molecule has 12 heavy (non-hydrogen) atoms. The summed E-state index contributed by atoms with van der Waals surface area (Å²) in [6.07, 6.45) is 2.79. The van der Waals surface area contributed by atoms with Gasteiger partial charge in [-0.25, -0.2) is 0 Å². The second-order valence-corrected chi connectivity index (χ2v) is 3.87. The maximum atomic E-state index is 11.6. The molecule has 0 amide bonds. The lowest BCUT2D eigenvalue weighted by Gasteiger charge is -2.26. The van der Waals surface area contributed by atoms with Crippen molar-refractivity contribution >= 4 is 5.78 Å². The van der Waals surface area contributed by atoms with Gasteiger partial charge in [0.1, 0.15) is 5.92 Å². The molecule has 1 saturated carbocycles. The van der Waals surface area contributed by atoms with Crippen molar-refractivity contribution < 1.29 is 4.79 Å². The van der Waals surface area contributed by atoms with E-state index in [0.29, 0.717) is 5.92 Å². The molecule has 0 saturated heterocycles. The van der Waals surface area contributed by atoms with Crippen LogP contribution in [0.15, 0.2) is 0 Å². The van der Waals surface area contributed by atoms with Crippen LogP contribution in [0, 0.1) is 29.1 Å². The quantitative estimate of drug-likeness (QED) is 0.597. The minimum absolute atomic E-state index is 0.142. The topological polar surface area (TPSA) is 40.9 Å². The largest absolute Gasteiger partial charge is 0.298 e. The molecule has 0 radical (unpaired) electrons. The molecule has 0 aromatic rings. The molecule has 2 nitrogen and oxygen atoms in total. The van der Waals surface area contributed by atoms with Crippen LogP contribution in [-0.4, -0.2) is 5.78 Å². The molecule has 0 aliphatic heterocycles. The lowest BCUT2D eigenvalue weighted by atomic mass is 9.76. The second-order valence-electron chi connectivity index (χ2n) is 3.87. The normalized spacial score (nSPS) is 30.3. The minimum Gasteiger partial charge on any atom is -0.298 e. The predicted molar refractivity (Wildman–Crippen MR) is 46.3 cm³/mol. The SMILES string of the molecule is CC(C)C1CCCC(C#N)C1=O. The maximum Gasteiger partial charge on any atom is 0.153 e. The Labute approximate surface area is 73.6 Å². The third kappa shape index (κ3) is 1.66. The first-order valence-corrected chi connectivity index (χ1v) is 4.60. The highest BCUT2D eigenvalue weighted by Crippen LogP contribution is 2.30. The van der Waals surface area contributed by atoms with Crippen LogP contribution in [-0.2, 0) is 4.79 Å². The number of carbonyl (C=O) groups excluding carboxylic acids is 1. The van der Waals surface area contributed by atoms with Crippen LogP contribution in [0.3, 0.4) is 0 Å². The summed E-state index contributed by atoms with van der Waals surface area (Å²) in [7, 11) is 0. The van der Waals surface area contributed by atoms with Gasteiger partial charge in [-0.15, -0.1) is 0 Å². The minimum atomic E-state index is -0.314. The van der Waals surface area contributed by atoms with E-state index >= 15 is 0 Å². The van der Waals surface area contributed by atoms with E-state index in [-0.39, 0.29) is 17.6 Å². The second kappa shape index (κ2) is 3.71. The Morgan fingerprint density at radius 1 is 1.50 bits per heavy atom. The fraction of sp³-hybridized carbons (Fsp3) is 0.800. The van der Waals surface area contributed by atoms with Crippen LogP contribution in [0.25, 0.3) is 0 Å². The summed E-state index contributed by atoms with van der Waals surface area (Å²) in [6.45, 7) is 4.12. The maximum absolute atomic E-state index is 11.6. The van der Waals surface area contributed by atoms with E-state index in [2.05, 4.69) is 19.9 Å². The van der Waals surface area contributed by atoms with Crippen LogP contribution < -0.4 is 0 Å². The summed E-state index contributed by atoms with van der Waals surface area (Å²) in [6, 6.07) is 2.09. The van der Waals surface area contributed by atoms with Crippen molar-refractivity contribution in [3.63, 3.8) is 0 Å². The van der Waals surface area contributed by atoms with Gasteiger partial charge in [0.05, 0.1) is 6.07 Å². The Balaban J connectivity index is 2.67. The van der Waals surface area contributed by atoms with Crippen molar-refractivity contribution in [3.05, 3.63) is 0 Å². The molecule has 0 aromatic carbocycles. The monoisotopic (exact) mass is 165 g/mol. The van der Waals surface area contributed by atoms with Crippen LogP contribution in [0.1, 0.15) is 33.1 Å². The molecule has 1 aliphatic carbocycles. The molecule has 1 aliphatic rings. The van der Waals surface area contributed by atoms with Crippen LogP contribution in [0.2, 0.25) is 0 Å². The number of hydrogen-bond acceptors (Lipinski definition) is 2. The highest BCUT2D eigenvalue weighted by Gasteiger charge is 2.32. The molecular formula is C10H15NO. The van der Waals surface area contributed by atoms with Gasteiger partial charge in [0.25, 0.3) is 0 Å². The third-order valence-corrected chi connectivity index (χ3v) is 2.68. The fourth-order valence-corrected chi connectivity index (χ4v) is 1.87. The van der Waals surface area contributed by atoms with Gasteiger partial charge in [0.2, 0.25) is 0 Å². The molecule has 1 fully saturated rings. The van der Waals surface area contributed by atoms with E-state index in [1.165, 1.54) is 0 Å². The van der Waals surface area contributed by atoms with Gasteiger partial charge >= 0.3 is 0 Å². The molecule has 0 N–H and O–H groups in total. The fourth-order valence-electron chi connectivity index (χ4n) is 1.87. The van der Waals surface area contributed by atoms with Crippen molar-refractivity contribution in [1.29, 1.82) is 5.26 Å². The summed E-state index contributed by atoms with van der Waals surface area (Å²) >= 11 is 0. The first-order chi connectivity index (χ1) is 5.66. The van der Waals surface area contributed by atoms with E-state index in [0.717, 1.165) is 19.3 Å². The lowest BCUT2D eigenvalue weighted by molar-refractivity contribution is -0.128. The van der Waals surface area contributed by atoms with Gasteiger partial charge in [0.15, 0.2) is 5.78 Å². The number of Topliss-reactive ketones (excluding diaryl/α,β-unsaturated/α-hetero) is 1. The van der Waals surface area contributed by atoms with Gasteiger partial charge in [-0.2, -0.15) is 5.26 Å². The molecule has 2 unspecified atom stereocenters. The summed E-state index contributed by atoms with van der Waals surface area (Å²) in [4.78, 5) is 11.6. The first kappa shape index (κ1) is 9.25. The Bertz CT molecular complexity index is 214. The lowest BCUT2D eigenvalue weighted by Crippen LogP contribution is -2.30. The number of ketones is 1. The number of hydrogen-bond donors (Lipinski definition) is 0. The Morgan fingerprint density at radius 2 is 2.17 bits per heavy atom. The zero-order valence-electron chi connectivity index (χ0n) is 7.71. The summed E-state index contributed by atoms with van der Waals surface area (Å²) in [5, 5.41) is 8.69. The average molecular weight is 165 g/mol. The molecule has 1 rings (SSSR count). The third-order valence-electron chi connectivity index (χ3n) is 2.68. The van der Waals surface area contributed by atoms with E-state index in [1.807, 2.05) is 0 Å². The molecule has 2 atom stereocenters. The van der Waals surface area contributed by atoms with Crippen molar-refractivity contribution in [2.45, 2.75) is 33.1 Å². The Hall–Kier alpha value is -0.840. The number of rotatable bonds is 1. The van der Waals surface area contributed by atoms with Gasteiger partial charge < -0.3 is 0 Å². The van der Waals surface area contributed by atoms with Crippen molar-refractivity contribution in [2.75, 3.05) is 0 Å². The molecular weight excluding hydrogens is 150 g/mol. The number of nitrogens with zero attached hydrogens (tertiary/aromatic N) is 1. The van der Waals surface area contributed by atoms with Crippen molar-refractivity contribution in [2.24, 2.45) is 17.8 Å². The van der Waals surface area contributed by atoms with Gasteiger partial charge in [-0.1, -0.05) is 20.3 Å². The molecule has 66 valence electrons. The summed E-state index contributed by atoms with van der Waals surface area (Å²) in [5.74, 6) is 0.405. The van der Waals surface area contributed by atoms with Crippen LogP contribution in [0.5, 0.6) is 0 Å². The zero-order valence-corrected chi connectivity index (χ0v) is 7.71. The van der Waals surface area contributed by atoms with Crippen molar-refractivity contribution in [3.8, 4) is 6.07 Å². The molecule has 0 heterocycles. The molecule has 0 aromatic heterocycles. The highest BCUT2D eigenvalue weighted by molar-refractivity contribution is 5.86. The number of nitriles is 1. The first-order valence-electron chi connectivity index (χ1n) is 4.60. The van der Waals surface area contributed by atoms with Gasteiger partial charge in [-0.05, 0) is 18.8 Å². The standard InChI is InChI=1S/C10H15NO/c1-7(2)9-5-3-4-8(6-11)10(9)12/h7-9H,3-5H2,1-2H3. The predicted octanol–water partition coefficient (Wildman–Crippen LogP) is 2.15. The van der Waals surface area contributed by atoms with E-state index < -0.39 is 0 Å². The van der Waals surface area contributed by atoms with E-state index in [4.69, 9.17) is 5.26 Å². The van der Waals surface area contributed by atoms with E-state index in [9.17, 15) is 4.79 Å². The summed E-state index contributed by atoms with van der Waals surface area (Å²) in [5.41, 5.74) is 0. The zero-order chi connectivity index (χ0) is 9.14. The van der Waals surface area contributed by atoms with Crippen molar-refractivity contribution in [1.82, 2.24) is 0 Å². The van der Waals surface area contributed by atoms with Gasteiger partial charge in [-0.3, -0.25) is 4.79 Å². The van der Waals surface area contributed by atoms with Crippen LogP contribution in [0.4, 0.5) is 0 Å². The molecule has 0 bridgehead atoms. The van der Waals surface area contributed by atoms with Crippen LogP contribution >= 0.6 is 0 Å². The number of carbonyl (C=O) groups is 1. The Morgan fingerprint density at radius 3 is 2.67 bits per heavy atom. The molecule has 2 heteroatoms. The van der Waals surface area contributed by atoms with E-state index in [1.54, 1.807) is 0 Å². The molecule has 0 spiro atoms. The summed E-state index contributed by atoms with van der Waals surface area (Å²) < 4.78 is 0. The Kier molecular flexibility index (Phi) is 2.86. The highest BCUT2D eigenvalue weighted by atomic mass is 16.1. The average Bonchev–Trinajstić information content (AvgIpc) is 2.04.